The Balaban J connectivity index is 1.68. The van der Waals surface area contributed by atoms with Crippen LogP contribution in [0.4, 0.5) is 11.4 Å². The minimum Gasteiger partial charge on any atom is -0.299 e. The fraction of sp³-hybridized carbons (Fsp3) is 0.310. The van der Waals surface area contributed by atoms with Crippen molar-refractivity contribution < 1.29 is 26.7 Å². The molecule has 0 N–H and O–H groups in total. The van der Waals surface area contributed by atoms with Crippen molar-refractivity contribution in [2.24, 2.45) is 0 Å². The third kappa shape index (κ3) is 8.12. The van der Waals surface area contributed by atoms with Crippen LogP contribution >= 0.6 is 0 Å². The maximum absolute atomic E-state index is 13.8. The van der Waals surface area contributed by atoms with Crippen molar-refractivity contribution in [2.45, 2.75) is 29.2 Å². The average Bonchev–Trinajstić information content (AvgIpc) is 2.99. The highest BCUT2D eigenvalue weighted by Crippen LogP contribution is 2.25. The summed E-state index contributed by atoms with van der Waals surface area (Å²) in [5.41, 5.74) is 0.565. The third-order valence-corrected chi connectivity index (χ3v) is 10.8. The van der Waals surface area contributed by atoms with Crippen LogP contribution in [0.25, 0.3) is 0 Å². The summed E-state index contributed by atoms with van der Waals surface area (Å²) >= 11 is 0. The summed E-state index contributed by atoms with van der Waals surface area (Å²) in [5.74, 6) is 0. The van der Waals surface area contributed by atoms with Gasteiger partial charge in [-0.1, -0.05) is 49.0 Å². The van der Waals surface area contributed by atoms with Gasteiger partial charge in [-0.15, -0.1) is 0 Å². The summed E-state index contributed by atoms with van der Waals surface area (Å²) in [6, 6.07) is 19.2. The molecule has 0 unspecified atom stereocenters. The third-order valence-electron chi connectivity index (χ3n) is 7.15. The molecule has 4 rings (SSSR count). The lowest BCUT2D eigenvalue weighted by Gasteiger charge is -2.30. The van der Waals surface area contributed by atoms with Crippen molar-refractivity contribution in [1.29, 1.82) is 0 Å². The summed E-state index contributed by atoms with van der Waals surface area (Å²) in [6.07, 6.45) is 0.897. The second-order valence-electron chi connectivity index (χ2n) is 10.4. The minimum atomic E-state index is -4.23. The van der Waals surface area contributed by atoms with Crippen molar-refractivity contribution in [3.8, 4) is 0 Å². The highest BCUT2D eigenvalue weighted by molar-refractivity contribution is 7.89. The lowest BCUT2D eigenvalue weighted by atomic mass is 10.2. The lowest BCUT2D eigenvalue weighted by Crippen LogP contribution is -2.41. The van der Waals surface area contributed by atoms with E-state index in [9.17, 15) is 37.1 Å². The number of nitro benzene ring substituents is 2. The second-order valence-corrected chi connectivity index (χ2v) is 14.3. The fourth-order valence-corrected chi connectivity index (χ4v) is 8.06. The number of sulfonamides is 2. The first-order chi connectivity index (χ1) is 20.9. The van der Waals surface area contributed by atoms with Crippen LogP contribution in [-0.2, 0) is 26.6 Å². The monoisotopic (exact) mass is 643 g/mol. The van der Waals surface area contributed by atoms with E-state index in [0.29, 0.717) is 32.5 Å². The molecule has 1 saturated heterocycles. The highest BCUT2D eigenvalue weighted by Gasteiger charge is 2.31. The number of hydrogen-bond donors (Lipinski definition) is 0. The molecule has 1 aliphatic rings. The Kier molecular flexibility index (Phi) is 10.6. The van der Waals surface area contributed by atoms with Crippen molar-refractivity contribution in [2.75, 3.05) is 39.3 Å². The van der Waals surface area contributed by atoms with Crippen LogP contribution in [0.5, 0.6) is 0 Å². The Bertz CT molecular complexity index is 1630. The van der Waals surface area contributed by atoms with E-state index in [0.717, 1.165) is 26.3 Å². The molecule has 0 aromatic heterocycles. The molecule has 1 fully saturated rings. The molecule has 1 heterocycles. The first kappa shape index (κ1) is 32.9. The van der Waals surface area contributed by atoms with Gasteiger partial charge in [0.15, 0.2) is 0 Å². The van der Waals surface area contributed by atoms with E-state index in [-0.39, 0.29) is 52.9 Å². The molecule has 234 valence electrons. The molecule has 44 heavy (non-hydrogen) atoms. The molecule has 13 nitrogen and oxygen atoms in total. The number of benzene rings is 3. The van der Waals surface area contributed by atoms with Gasteiger partial charge in [0.1, 0.15) is 0 Å². The topological polar surface area (TPSA) is 164 Å². The molecule has 15 heteroatoms. The molecule has 0 radical (unpaired) electrons. The van der Waals surface area contributed by atoms with Gasteiger partial charge in [0.2, 0.25) is 20.0 Å². The van der Waals surface area contributed by atoms with Crippen molar-refractivity contribution in [1.82, 2.24) is 13.5 Å². The molecule has 3 aromatic carbocycles. The summed E-state index contributed by atoms with van der Waals surface area (Å²) in [4.78, 5) is 22.9. The Hall–Kier alpha value is -4.02. The van der Waals surface area contributed by atoms with Crippen molar-refractivity contribution in [3.05, 3.63) is 117 Å². The van der Waals surface area contributed by atoms with Crippen LogP contribution in [0.1, 0.15) is 18.4 Å². The predicted molar refractivity (Wildman–Crippen MR) is 164 cm³/mol. The van der Waals surface area contributed by atoms with Gasteiger partial charge in [-0.3, -0.25) is 25.1 Å². The molecule has 0 bridgehead atoms. The van der Waals surface area contributed by atoms with E-state index in [1.165, 1.54) is 36.4 Å². The number of non-ortho nitro benzene ring substituents is 2. The summed E-state index contributed by atoms with van der Waals surface area (Å²) in [7, 11) is -8.46. The highest BCUT2D eigenvalue weighted by atomic mass is 32.2. The van der Waals surface area contributed by atoms with Crippen molar-refractivity contribution >= 4 is 31.4 Å². The maximum atomic E-state index is 13.8. The Morgan fingerprint density at radius 2 is 1.11 bits per heavy atom. The van der Waals surface area contributed by atoms with Crippen LogP contribution in [0.2, 0.25) is 0 Å². The number of hydrogen-bond acceptors (Lipinski definition) is 9. The van der Waals surface area contributed by atoms with Crippen LogP contribution < -0.4 is 0 Å². The Morgan fingerprint density at radius 1 is 0.659 bits per heavy atom. The van der Waals surface area contributed by atoms with Gasteiger partial charge in [-0.25, -0.2) is 16.8 Å². The van der Waals surface area contributed by atoms with E-state index in [1.54, 1.807) is 0 Å². The van der Waals surface area contributed by atoms with Crippen LogP contribution in [0.15, 0.2) is 101 Å². The molecular weight excluding hydrogens is 610 g/mol. The number of nitro groups is 2. The zero-order chi connectivity index (χ0) is 31.9. The van der Waals surface area contributed by atoms with Gasteiger partial charge in [0.25, 0.3) is 11.4 Å². The van der Waals surface area contributed by atoms with Crippen LogP contribution in [0, 0.1) is 20.2 Å². The van der Waals surface area contributed by atoms with E-state index in [1.807, 2.05) is 30.3 Å². The quantitative estimate of drug-likeness (QED) is 0.200. The molecule has 0 aliphatic carbocycles. The molecule has 0 amide bonds. The van der Waals surface area contributed by atoms with E-state index >= 15 is 0 Å². The van der Waals surface area contributed by atoms with Crippen LogP contribution in [-0.4, -0.2) is 79.5 Å². The van der Waals surface area contributed by atoms with E-state index in [4.69, 9.17) is 0 Å². The van der Waals surface area contributed by atoms with Crippen LogP contribution in [0.3, 0.4) is 0 Å². The number of rotatable bonds is 8. The van der Waals surface area contributed by atoms with E-state index in [2.05, 4.69) is 11.5 Å². The fourth-order valence-electron chi connectivity index (χ4n) is 4.98. The Labute approximate surface area is 256 Å². The largest absolute Gasteiger partial charge is 0.299 e. The zero-order valence-corrected chi connectivity index (χ0v) is 25.5. The summed E-state index contributed by atoms with van der Waals surface area (Å²) < 4.78 is 57.3. The molecule has 3 aromatic rings. The molecule has 1 aliphatic heterocycles. The molecule has 0 spiro atoms. The molecule has 0 atom stereocenters. The second kappa shape index (κ2) is 14.2. The first-order valence-corrected chi connectivity index (χ1v) is 16.7. The van der Waals surface area contributed by atoms with Gasteiger partial charge in [0.05, 0.1) is 19.6 Å². The molecular formula is C29H33N5O8S2. The predicted octanol–water partition coefficient (Wildman–Crippen LogP) is 4.04. The smallest absolute Gasteiger partial charge is 0.270 e. The SMILES string of the molecule is C=C1CN(S(=O)(=O)c2cccc([N+](=O)[O-])c2)CCCN(Cc2ccccc2)CCCN(S(=O)(=O)c2cccc([N+](=O)[O-])c2)C1. The van der Waals surface area contributed by atoms with Crippen molar-refractivity contribution in [3.63, 3.8) is 0 Å². The van der Waals surface area contributed by atoms with Gasteiger partial charge in [0, 0.05) is 57.0 Å². The summed E-state index contributed by atoms with van der Waals surface area (Å²) in [5, 5.41) is 22.7. The first-order valence-electron chi connectivity index (χ1n) is 13.8. The number of nitrogens with zero attached hydrogens (tertiary/aromatic N) is 5. The molecule has 0 saturated carbocycles. The van der Waals surface area contributed by atoms with Gasteiger partial charge in [-0.2, -0.15) is 8.61 Å². The maximum Gasteiger partial charge on any atom is 0.270 e. The van der Waals surface area contributed by atoms with Gasteiger partial charge < -0.3 is 0 Å². The standard InChI is InChI=1S/C29H33N5O8S2/c1-24-21-31(43(39,40)28-13-5-11-26(19-28)33(35)36)17-7-15-30(23-25-9-3-2-4-10-25)16-8-18-32(22-24)44(41,42)29-14-6-12-27(20-29)34(37)38/h2-6,9-14,19-20H,1,7-8,15-18,21-23H2. The normalized spacial score (nSPS) is 17.0. The summed E-state index contributed by atoms with van der Waals surface area (Å²) in [6.45, 7) is 5.20. The Morgan fingerprint density at radius 3 is 1.55 bits per heavy atom. The zero-order valence-electron chi connectivity index (χ0n) is 23.9. The average molecular weight is 644 g/mol. The van der Waals surface area contributed by atoms with Gasteiger partial charge >= 0.3 is 0 Å². The lowest BCUT2D eigenvalue weighted by molar-refractivity contribution is -0.385. The van der Waals surface area contributed by atoms with E-state index < -0.39 is 29.9 Å². The minimum absolute atomic E-state index is 0.0625. The van der Waals surface area contributed by atoms with Gasteiger partial charge in [-0.05, 0) is 49.2 Å².